The van der Waals surface area contributed by atoms with E-state index in [0.717, 1.165) is 11.9 Å². The molecule has 3 rings (SSSR count). The van der Waals surface area contributed by atoms with Gasteiger partial charge in [0.25, 0.3) is 5.69 Å². The molecular formula is C17H19N3O4S. The van der Waals surface area contributed by atoms with Gasteiger partial charge in [-0.2, -0.15) is 0 Å². The second kappa shape index (κ2) is 6.72. The first-order valence-electron chi connectivity index (χ1n) is 7.90. The quantitative estimate of drug-likeness (QED) is 0.614. The van der Waals surface area contributed by atoms with Crippen molar-refractivity contribution in [2.24, 2.45) is 0 Å². The van der Waals surface area contributed by atoms with Crippen LogP contribution in [0.3, 0.4) is 0 Å². The molecule has 8 heteroatoms. The average Bonchev–Trinajstić information content (AvgIpc) is 2.61. The van der Waals surface area contributed by atoms with Crippen LogP contribution in [-0.4, -0.2) is 45.8 Å². The summed E-state index contributed by atoms with van der Waals surface area (Å²) in [7, 11) is -3.42. The van der Waals surface area contributed by atoms with Crippen molar-refractivity contribution in [1.29, 1.82) is 0 Å². The summed E-state index contributed by atoms with van der Waals surface area (Å²) < 4.78 is 23.6. The smallest absolute Gasteiger partial charge is 0.292 e. The highest BCUT2D eigenvalue weighted by molar-refractivity contribution is 7.90. The molecule has 0 atom stereocenters. The Balaban J connectivity index is 1.86. The molecule has 0 aromatic heterocycles. The lowest BCUT2D eigenvalue weighted by molar-refractivity contribution is -0.384. The third-order valence-electron chi connectivity index (χ3n) is 4.31. The van der Waals surface area contributed by atoms with Gasteiger partial charge in [0.05, 0.1) is 9.82 Å². The first-order valence-corrected chi connectivity index (χ1v) is 9.79. The lowest BCUT2D eigenvalue weighted by Gasteiger charge is -2.37. The molecule has 7 nitrogen and oxygen atoms in total. The third-order valence-corrected chi connectivity index (χ3v) is 5.42. The van der Waals surface area contributed by atoms with Crippen molar-refractivity contribution in [3.8, 4) is 0 Å². The van der Waals surface area contributed by atoms with Gasteiger partial charge in [0, 0.05) is 44.2 Å². The summed E-state index contributed by atoms with van der Waals surface area (Å²) in [5.74, 6) is 0. The number of hydrogen-bond acceptors (Lipinski definition) is 6. The number of piperazine rings is 1. The fourth-order valence-electron chi connectivity index (χ4n) is 2.99. The SMILES string of the molecule is CS(=O)(=O)c1ccc([N+](=O)[O-])c(N2CCN(c3ccccc3)CC2)c1. The van der Waals surface area contributed by atoms with Gasteiger partial charge in [0.1, 0.15) is 5.69 Å². The van der Waals surface area contributed by atoms with Crippen LogP contribution in [0.5, 0.6) is 0 Å². The predicted molar refractivity (Wildman–Crippen MR) is 97.1 cm³/mol. The maximum absolute atomic E-state index is 11.8. The Morgan fingerprint density at radius 3 is 2.12 bits per heavy atom. The minimum absolute atomic E-state index is 0.0689. The Labute approximate surface area is 146 Å². The van der Waals surface area contributed by atoms with E-state index < -0.39 is 14.8 Å². The highest BCUT2D eigenvalue weighted by Gasteiger charge is 2.25. The van der Waals surface area contributed by atoms with Crippen LogP contribution in [-0.2, 0) is 9.84 Å². The van der Waals surface area contributed by atoms with Crippen LogP contribution in [0.4, 0.5) is 17.1 Å². The molecule has 1 aliphatic rings. The van der Waals surface area contributed by atoms with Crippen LogP contribution in [0.25, 0.3) is 0 Å². The average molecular weight is 361 g/mol. The number of anilines is 2. The first-order chi connectivity index (χ1) is 11.9. The Bertz CT molecular complexity index is 876. The molecule has 1 aliphatic heterocycles. The molecule has 0 unspecified atom stereocenters. The number of sulfone groups is 1. The monoisotopic (exact) mass is 361 g/mol. The molecule has 0 N–H and O–H groups in total. The topological polar surface area (TPSA) is 83.8 Å². The largest absolute Gasteiger partial charge is 0.368 e. The van der Waals surface area contributed by atoms with E-state index in [1.807, 2.05) is 35.2 Å². The number of hydrogen-bond donors (Lipinski definition) is 0. The van der Waals surface area contributed by atoms with Gasteiger partial charge < -0.3 is 9.80 Å². The molecule has 0 aliphatic carbocycles. The van der Waals surface area contributed by atoms with E-state index in [1.165, 1.54) is 18.2 Å². The molecule has 0 radical (unpaired) electrons. The summed E-state index contributed by atoms with van der Waals surface area (Å²) >= 11 is 0. The van der Waals surface area contributed by atoms with Crippen molar-refractivity contribution in [2.45, 2.75) is 4.90 Å². The van der Waals surface area contributed by atoms with Crippen molar-refractivity contribution in [2.75, 3.05) is 42.2 Å². The van der Waals surface area contributed by atoms with E-state index in [4.69, 9.17) is 0 Å². The zero-order chi connectivity index (χ0) is 18.0. The Kier molecular flexibility index (Phi) is 4.63. The maximum atomic E-state index is 11.8. The minimum atomic E-state index is -3.42. The second-order valence-corrected chi connectivity index (χ2v) is 8.01. The van der Waals surface area contributed by atoms with Crippen molar-refractivity contribution >= 4 is 26.9 Å². The van der Waals surface area contributed by atoms with Crippen LogP contribution in [0.15, 0.2) is 53.4 Å². The number of nitrogens with zero attached hydrogens (tertiary/aromatic N) is 3. The molecule has 0 bridgehead atoms. The summed E-state index contributed by atoms with van der Waals surface area (Å²) in [5, 5.41) is 11.3. The summed E-state index contributed by atoms with van der Waals surface area (Å²) in [6, 6.07) is 13.9. The molecule has 1 saturated heterocycles. The summed E-state index contributed by atoms with van der Waals surface area (Å²) in [6.45, 7) is 2.60. The standard InChI is InChI=1S/C17H19N3O4S/c1-25(23,24)15-7-8-16(20(21)22)17(13-15)19-11-9-18(10-12-19)14-5-3-2-4-6-14/h2-8,13H,9-12H2,1H3. The number of rotatable bonds is 4. The van der Waals surface area contributed by atoms with E-state index in [9.17, 15) is 18.5 Å². The molecular weight excluding hydrogens is 342 g/mol. The van der Waals surface area contributed by atoms with Crippen LogP contribution >= 0.6 is 0 Å². The van der Waals surface area contributed by atoms with Gasteiger partial charge in [-0.25, -0.2) is 8.42 Å². The molecule has 0 amide bonds. The zero-order valence-corrected chi connectivity index (χ0v) is 14.6. The molecule has 132 valence electrons. The van der Waals surface area contributed by atoms with Crippen LogP contribution < -0.4 is 9.80 Å². The normalized spacial score (nSPS) is 15.2. The molecule has 1 heterocycles. The molecule has 25 heavy (non-hydrogen) atoms. The molecule has 0 spiro atoms. The van der Waals surface area contributed by atoms with Crippen LogP contribution in [0.2, 0.25) is 0 Å². The predicted octanol–water partition coefficient (Wildman–Crippen LogP) is 2.32. The summed E-state index contributed by atoms with van der Waals surface area (Å²) in [5.41, 5.74) is 1.41. The van der Waals surface area contributed by atoms with Crippen LogP contribution in [0.1, 0.15) is 0 Å². The van der Waals surface area contributed by atoms with Gasteiger partial charge in [-0.05, 0) is 24.3 Å². The van der Waals surface area contributed by atoms with Gasteiger partial charge in [-0.1, -0.05) is 18.2 Å². The number of nitro benzene ring substituents is 1. The molecule has 2 aromatic rings. The highest BCUT2D eigenvalue weighted by atomic mass is 32.2. The molecule has 0 saturated carbocycles. The second-order valence-electron chi connectivity index (χ2n) is 5.99. The van der Waals surface area contributed by atoms with E-state index in [2.05, 4.69) is 4.90 Å². The van der Waals surface area contributed by atoms with Gasteiger partial charge in [0.15, 0.2) is 9.84 Å². The Morgan fingerprint density at radius 2 is 1.56 bits per heavy atom. The van der Waals surface area contributed by atoms with E-state index >= 15 is 0 Å². The molecule has 2 aromatic carbocycles. The van der Waals surface area contributed by atoms with Crippen LogP contribution in [0, 0.1) is 10.1 Å². The van der Waals surface area contributed by atoms with Gasteiger partial charge >= 0.3 is 0 Å². The first kappa shape index (κ1) is 17.2. The van der Waals surface area contributed by atoms with Crippen molar-refractivity contribution in [3.63, 3.8) is 0 Å². The zero-order valence-electron chi connectivity index (χ0n) is 13.8. The van der Waals surface area contributed by atoms with Gasteiger partial charge in [0.2, 0.25) is 0 Å². The summed E-state index contributed by atoms with van der Waals surface area (Å²) in [6.07, 6.45) is 1.10. The summed E-state index contributed by atoms with van der Waals surface area (Å²) in [4.78, 5) is 15.1. The van der Waals surface area contributed by atoms with E-state index in [0.29, 0.717) is 31.9 Å². The maximum Gasteiger partial charge on any atom is 0.292 e. The number of para-hydroxylation sites is 1. The fourth-order valence-corrected chi connectivity index (χ4v) is 3.63. The lowest BCUT2D eigenvalue weighted by Crippen LogP contribution is -2.46. The highest BCUT2D eigenvalue weighted by Crippen LogP contribution is 2.32. The lowest BCUT2D eigenvalue weighted by atomic mass is 10.2. The van der Waals surface area contributed by atoms with E-state index in [1.54, 1.807) is 0 Å². The molecule has 1 fully saturated rings. The minimum Gasteiger partial charge on any atom is -0.368 e. The Morgan fingerprint density at radius 1 is 0.960 bits per heavy atom. The number of benzene rings is 2. The Hall–Kier alpha value is -2.61. The van der Waals surface area contributed by atoms with Gasteiger partial charge in [-0.15, -0.1) is 0 Å². The van der Waals surface area contributed by atoms with Crippen molar-refractivity contribution < 1.29 is 13.3 Å². The van der Waals surface area contributed by atoms with Gasteiger partial charge in [-0.3, -0.25) is 10.1 Å². The van der Waals surface area contributed by atoms with E-state index in [-0.39, 0.29) is 10.6 Å². The third kappa shape index (κ3) is 3.74. The van der Waals surface area contributed by atoms with Crippen molar-refractivity contribution in [1.82, 2.24) is 0 Å². The fraction of sp³-hybridized carbons (Fsp3) is 0.294. The number of nitro groups is 1. The van der Waals surface area contributed by atoms with Crippen molar-refractivity contribution in [3.05, 3.63) is 58.6 Å².